The molecule has 0 aliphatic carbocycles. The van der Waals surface area contributed by atoms with Gasteiger partial charge in [0.1, 0.15) is 0 Å². The van der Waals surface area contributed by atoms with Crippen LogP contribution in [0.2, 0.25) is 0 Å². The van der Waals surface area contributed by atoms with Gasteiger partial charge in [0.15, 0.2) is 6.10 Å². The van der Waals surface area contributed by atoms with E-state index in [2.05, 4.69) is 0 Å². The second kappa shape index (κ2) is 8.02. The highest BCUT2D eigenvalue weighted by molar-refractivity contribution is 7.89. The highest BCUT2D eigenvalue weighted by Gasteiger charge is 2.24. The number of nitrogens with zero attached hydrogens (tertiary/aromatic N) is 1. The molecule has 0 saturated carbocycles. The standard InChI is InChI=1S/C20H23NO5S/c1-13-6-9-16(10-7-13)19(22)15(3)26-20(23)18-12-17(11-8-14(18)2)27(24,25)21(4)5/h6-12,15H,1-5H3. The molecule has 144 valence electrons. The van der Waals surface area contributed by atoms with E-state index in [1.54, 1.807) is 25.1 Å². The van der Waals surface area contributed by atoms with Gasteiger partial charge in [-0.1, -0.05) is 35.9 Å². The van der Waals surface area contributed by atoms with Crippen molar-refractivity contribution in [3.05, 3.63) is 64.7 Å². The molecule has 1 atom stereocenters. The summed E-state index contributed by atoms with van der Waals surface area (Å²) >= 11 is 0. The highest BCUT2D eigenvalue weighted by Crippen LogP contribution is 2.20. The van der Waals surface area contributed by atoms with E-state index in [1.807, 2.05) is 19.1 Å². The van der Waals surface area contributed by atoms with E-state index in [4.69, 9.17) is 4.74 Å². The first-order valence-electron chi connectivity index (χ1n) is 8.39. The number of carbonyl (C=O) groups is 2. The lowest BCUT2D eigenvalue weighted by Crippen LogP contribution is -2.25. The number of esters is 1. The number of sulfonamides is 1. The molecule has 0 heterocycles. The number of hydrogen-bond acceptors (Lipinski definition) is 5. The fourth-order valence-electron chi connectivity index (χ4n) is 2.42. The van der Waals surface area contributed by atoms with Crippen LogP contribution in [0, 0.1) is 13.8 Å². The number of carbonyl (C=O) groups excluding carboxylic acids is 2. The Morgan fingerprint density at radius 3 is 2.15 bits per heavy atom. The van der Waals surface area contributed by atoms with Gasteiger partial charge in [-0.05, 0) is 38.5 Å². The maximum Gasteiger partial charge on any atom is 0.339 e. The van der Waals surface area contributed by atoms with Crippen LogP contribution in [0.4, 0.5) is 0 Å². The van der Waals surface area contributed by atoms with E-state index in [0.29, 0.717) is 11.1 Å². The van der Waals surface area contributed by atoms with Gasteiger partial charge in [-0.15, -0.1) is 0 Å². The fourth-order valence-corrected chi connectivity index (χ4v) is 3.35. The van der Waals surface area contributed by atoms with Crippen molar-refractivity contribution in [1.29, 1.82) is 0 Å². The van der Waals surface area contributed by atoms with Crippen LogP contribution in [0.25, 0.3) is 0 Å². The summed E-state index contributed by atoms with van der Waals surface area (Å²) in [5.74, 6) is -1.06. The van der Waals surface area contributed by atoms with Gasteiger partial charge in [0.25, 0.3) is 0 Å². The van der Waals surface area contributed by atoms with Crippen LogP contribution in [-0.4, -0.2) is 44.7 Å². The van der Waals surface area contributed by atoms with Gasteiger partial charge in [-0.2, -0.15) is 0 Å². The van der Waals surface area contributed by atoms with Gasteiger partial charge >= 0.3 is 5.97 Å². The van der Waals surface area contributed by atoms with Crippen LogP contribution in [-0.2, 0) is 14.8 Å². The van der Waals surface area contributed by atoms with Crippen molar-refractivity contribution in [2.24, 2.45) is 0 Å². The Kier molecular flexibility index (Phi) is 6.18. The van der Waals surface area contributed by atoms with Crippen molar-refractivity contribution in [3.8, 4) is 0 Å². The number of benzene rings is 2. The van der Waals surface area contributed by atoms with E-state index in [1.165, 1.54) is 33.2 Å². The first-order valence-corrected chi connectivity index (χ1v) is 9.83. The first kappa shape index (κ1) is 20.8. The Morgan fingerprint density at radius 1 is 1.00 bits per heavy atom. The van der Waals surface area contributed by atoms with Crippen LogP contribution >= 0.6 is 0 Å². The molecule has 0 fully saturated rings. The van der Waals surface area contributed by atoms with Crippen molar-refractivity contribution < 1.29 is 22.7 Å². The fraction of sp³-hybridized carbons (Fsp3) is 0.300. The molecule has 0 aliphatic heterocycles. The predicted octanol–water partition coefficient (Wildman–Crippen LogP) is 2.98. The second-order valence-electron chi connectivity index (χ2n) is 6.54. The van der Waals surface area contributed by atoms with E-state index in [9.17, 15) is 18.0 Å². The molecular weight excluding hydrogens is 366 g/mol. The summed E-state index contributed by atoms with van der Waals surface area (Å²) in [6, 6.07) is 11.2. The van der Waals surface area contributed by atoms with Crippen LogP contribution in [0.5, 0.6) is 0 Å². The second-order valence-corrected chi connectivity index (χ2v) is 8.69. The SMILES string of the molecule is Cc1ccc(C(=O)C(C)OC(=O)c2cc(S(=O)(=O)N(C)C)ccc2C)cc1. The zero-order valence-corrected chi connectivity index (χ0v) is 16.8. The molecule has 2 aromatic carbocycles. The van der Waals surface area contributed by atoms with Crippen molar-refractivity contribution in [2.75, 3.05) is 14.1 Å². The van der Waals surface area contributed by atoms with Crippen molar-refractivity contribution >= 4 is 21.8 Å². The van der Waals surface area contributed by atoms with E-state index in [-0.39, 0.29) is 16.2 Å². The molecule has 7 heteroatoms. The lowest BCUT2D eigenvalue weighted by atomic mass is 10.1. The molecule has 2 aromatic rings. The summed E-state index contributed by atoms with van der Waals surface area (Å²) in [5.41, 5.74) is 2.14. The molecule has 0 radical (unpaired) electrons. The summed E-state index contributed by atoms with van der Waals surface area (Å²) in [6.45, 7) is 5.08. The predicted molar refractivity (Wildman–Crippen MR) is 102 cm³/mol. The van der Waals surface area contributed by atoms with Gasteiger partial charge in [0, 0.05) is 19.7 Å². The van der Waals surface area contributed by atoms with Gasteiger partial charge in [-0.3, -0.25) is 4.79 Å². The molecule has 0 N–H and O–H groups in total. The summed E-state index contributed by atoms with van der Waals surface area (Å²) in [4.78, 5) is 25.0. The summed E-state index contributed by atoms with van der Waals surface area (Å²) in [7, 11) is -0.859. The zero-order valence-electron chi connectivity index (χ0n) is 16.0. The van der Waals surface area contributed by atoms with Gasteiger partial charge in [0.05, 0.1) is 10.5 Å². The summed E-state index contributed by atoms with van der Waals surface area (Å²) in [5, 5.41) is 0. The lowest BCUT2D eigenvalue weighted by molar-refractivity contribution is 0.0318. The van der Waals surface area contributed by atoms with Crippen molar-refractivity contribution in [1.82, 2.24) is 4.31 Å². The Morgan fingerprint density at radius 2 is 1.59 bits per heavy atom. The molecule has 0 saturated heterocycles. The average Bonchev–Trinajstić information content (AvgIpc) is 2.61. The maximum atomic E-state index is 12.5. The van der Waals surface area contributed by atoms with Crippen molar-refractivity contribution in [2.45, 2.75) is 31.8 Å². The molecule has 0 aromatic heterocycles. The normalized spacial score (nSPS) is 12.7. The lowest BCUT2D eigenvalue weighted by Gasteiger charge is -2.16. The molecule has 27 heavy (non-hydrogen) atoms. The van der Waals surface area contributed by atoms with Crippen molar-refractivity contribution in [3.63, 3.8) is 0 Å². The number of hydrogen-bond donors (Lipinski definition) is 0. The summed E-state index contributed by atoms with van der Waals surface area (Å²) < 4.78 is 30.9. The molecule has 2 rings (SSSR count). The number of Topliss-reactive ketones (excluding diaryl/α,β-unsaturated/α-hetero) is 1. The molecule has 0 bridgehead atoms. The van der Waals surface area contributed by atoms with E-state index >= 15 is 0 Å². The molecule has 6 nitrogen and oxygen atoms in total. The number of aryl methyl sites for hydroxylation is 2. The molecule has 0 amide bonds. The minimum Gasteiger partial charge on any atom is -0.451 e. The Bertz CT molecular complexity index is 962. The molecular formula is C20H23NO5S. The third kappa shape index (κ3) is 4.61. The topological polar surface area (TPSA) is 80.8 Å². The number of rotatable bonds is 6. The molecule has 0 aliphatic rings. The number of ketones is 1. The monoisotopic (exact) mass is 389 g/mol. The zero-order chi connectivity index (χ0) is 20.4. The minimum absolute atomic E-state index is 0.0115. The van der Waals surface area contributed by atoms with Gasteiger partial charge in [0.2, 0.25) is 15.8 Å². The molecule has 1 unspecified atom stereocenters. The third-order valence-corrected chi connectivity index (χ3v) is 6.01. The molecule has 0 spiro atoms. The van der Waals surface area contributed by atoms with Crippen LogP contribution in [0.15, 0.2) is 47.4 Å². The van der Waals surface area contributed by atoms with E-state index in [0.717, 1.165) is 9.87 Å². The Labute approximate surface area is 159 Å². The smallest absolute Gasteiger partial charge is 0.339 e. The Hall–Kier alpha value is -2.51. The van der Waals surface area contributed by atoms with Crippen LogP contribution in [0.3, 0.4) is 0 Å². The third-order valence-electron chi connectivity index (χ3n) is 4.20. The first-order chi connectivity index (χ1) is 12.5. The quantitative estimate of drug-likeness (QED) is 0.560. The van der Waals surface area contributed by atoms with E-state index < -0.39 is 22.1 Å². The van der Waals surface area contributed by atoms with Crippen LogP contribution in [0.1, 0.15) is 38.8 Å². The van der Waals surface area contributed by atoms with Gasteiger partial charge in [-0.25, -0.2) is 17.5 Å². The highest BCUT2D eigenvalue weighted by atomic mass is 32.2. The Balaban J connectivity index is 2.25. The van der Waals surface area contributed by atoms with Gasteiger partial charge < -0.3 is 4.74 Å². The van der Waals surface area contributed by atoms with Crippen LogP contribution < -0.4 is 0 Å². The largest absolute Gasteiger partial charge is 0.451 e. The number of ether oxygens (including phenoxy) is 1. The summed E-state index contributed by atoms with van der Waals surface area (Å²) in [6.07, 6.45) is -0.992. The minimum atomic E-state index is -3.68. The average molecular weight is 389 g/mol. The maximum absolute atomic E-state index is 12.5.